The highest BCUT2D eigenvalue weighted by atomic mass is 16.2. The van der Waals surface area contributed by atoms with E-state index in [0.29, 0.717) is 23.0 Å². The SMILES string of the molecule is Cc1ccnc(NC(=O)CN(C)C(=O)c2cccc(NC(=O)C3CC3C)c2)c1. The van der Waals surface area contributed by atoms with Gasteiger partial charge in [-0.1, -0.05) is 13.0 Å². The molecule has 146 valence electrons. The smallest absolute Gasteiger partial charge is 0.254 e. The van der Waals surface area contributed by atoms with Gasteiger partial charge in [0, 0.05) is 30.4 Å². The fourth-order valence-corrected chi connectivity index (χ4v) is 2.95. The van der Waals surface area contributed by atoms with Gasteiger partial charge in [0.25, 0.3) is 5.91 Å². The van der Waals surface area contributed by atoms with Gasteiger partial charge in [0.1, 0.15) is 5.82 Å². The third kappa shape index (κ3) is 4.94. The van der Waals surface area contributed by atoms with E-state index in [-0.39, 0.29) is 30.2 Å². The van der Waals surface area contributed by atoms with Crippen LogP contribution < -0.4 is 10.6 Å². The summed E-state index contributed by atoms with van der Waals surface area (Å²) >= 11 is 0. The van der Waals surface area contributed by atoms with Crippen LogP contribution in [0.25, 0.3) is 0 Å². The molecule has 0 bridgehead atoms. The van der Waals surface area contributed by atoms with Crippen LogP contribution in [0.1, 0.15) is 29.3 Å². The van der Waals surface area contributed by atoms with Gasteiger partial charge in [0.05, 0.1) is 6.54 Å². The number of hydrogen-bond donors (Lipinski definition) is 2. The summed E-state index contributed by atoms with van der Waals surface area (Å²) in [7, 11) is 1.56. The van der Waals surface area contributed by atoms with Gasteiger partial charge >= 0.3 is 0 Å². The van der Waals surface area contributed by atoms with Crippen LogP contribution in [0.2, 0.25) is 0 Å². The van der Waals surface area contributed by atoms with Gasteiger partial charge in [-0.05, 0) is 55.2 Å². The largest absolute Gasteiger partial charge is 0.332 e. The lowest BCUT2D eigenvalue weighted by Gasteiger charge is -2.17. The quantitative estimate of drug-likeness (QED) is 0.806. The summed E-state index contributed by atoms with van der Waals surface area (Å²) in [6.45, 7) is 3.84. The Morgan fingerprint density at radius 1 is 1.18 bits per heavy atom. The van der Waals surface area contributed by atoms with Crippen molar-refractivity contribution in [3.8, 4) is 0 Å². The molecule has 1 saturated carbocycles. The van der Waals surface area contributed by atoms with Crippen LogP contribution in [0.15, 0.2) is 42.6 Å². The zero-order chi connectivity index (χ0) is 20.3. The Balaban J connectivity index is 1.58. The van der Waals surface area contributed by atoms with Crippen LogP contribution in [0.5, 0.6) is 0 Å². The summed E-state index contributed by atoms with van der Waals surface area (Å²) < 4.78 is 0. The van der Waals surface area contributed by atoms with E-state index in [4.69, 9.17) is 0 Å². The standard InChI is InChI=1S/C21H24N4O3/c1-13-7-8-22-18(9-13)24-19(26)12-25(3)21(28)15-5-4-6-16(11-15)23-20(27)17-10-14(17)2/h4-9,11,14,17H,10,12H2,1-3H3,(H,23,27)(H,22,24,26). The maximum absolute atomic E-state index is 12.6. The van der Waals surface area contributed by atoms with Gasteiger partial charge in [-0.15, -0.1) is 0 Å². The number of rotatable bonds is 6. The van der Waals surface area contributed by atoms with Crippen LogP contribution in [0.4, 0.5) is 11.5 Å². The molecular formula is C21H24N4O3. The Morgan fingerprint density at radius 2 is 1.93 bits per heavy atom. The highest BCUT2D eigenvalue weighted by Crippen LogP contribution is 2.38. The van der Waals surface area contributed by atoms with Gasteiger partial charge in [-0.3, -0.25) is 14.4 Å². The fraction of sp³-hybridized carbons (Fsp3) is 0.333. The van der Waals surface area contributed by atoms with Crippen molar-refractivity contribution in [3.63, 3.8) is 0 Å². The summed E-state index contributed by atoms with van der Waals surface area (Å²) in [5, 5.41) is 5.53. The molecule has 1 aliphatic carbocycles. The number of carbonyl (C=O) groups excluding carboxylic acids is 3. The fourth-order valence-electron chi connectivity index (χ4n) is 2.95. The highest BCUT2D eigenvalue weighted by molar-refractivity contribution is 6.00. The normalized spacial score (nSPS) is 17.5. The number of aromatic nitrogens is 1. The Labute approximate surface area is 164 Å². The van der Waals surface area contributed by atoms with Crippen molar-refractivity contribution in [2.45, 2.75) is 20.3 Å². The van der Waals surface area contributed by atoms with E-state index in [1.54, 1.807) is 43.6 Å². The Morgan fingerprint density at radius 3 is 2.61 bits per heavy atom. The predicted octanol–water partition coefficient (Wildman–Crippen LogP) is 2.70. The van der Waals surface area contributed by atoms with E-state index in [0.717, 1.165) is 12.0 Å². The molecule has 1 fully saturated rings. The average molecular weight is 380 g/mol. The number of amides is 3. The second-order valence-electron chi connectivity index (χ2n) is 7.32. The van der Waals surface area contributed by atoms with E-state index in [9.17, 15) is 14.4 Å². The first-order valence-electron chi connectivity index (χ1n) is 9.22. The monoisotopic (exact) mass is 380 g/mol. The van der Waals surface area contributed by atoms with E-state index in [2.05, 4.69) is 15.6 Å². The number of pyridine rings is 1. The number of likely N-dealkylation sites (N-methyl/N-ethyl adjacent to an activating group) is 1. The van der Waals surface area contributed by atoms with Crippen molar-refractivity contribution < 1.29 is 14.4 Å². The van der Waals surface area contributed by atoms with Gasteiger partial charge < -0.3 is 15.5 Å². The molecule has 2 aromatic rings. The first-order chi connectivity index (χ1) is 13.3. The minimum absolute atomic E-state index is 0.0181. The maximum Gasteiger partial charge on any atom is 0.254 e. The lowest BCUT2D eigenvalue weighted by atomic mass is 10.1. The minimum Gasteiger partial charge on any atom is -0.332 e. The number of aryl methyl sites for hydroxylation is 1. The number of nitrogens with one attached hydrogen (secondary N) is 2. The van der Waals surface area contributed by atoms with Crippen molar-refractivity contribution in [1.82, 2.24) is 9.88 Å². The number of anilines is 2. The van der Waals surface area contributed by atoms with E-state index in [1.807, 2.05) is 19.9 Å². The predicted molar refractivity (Wildman–Crippen MR) is 107 cm³/mol. The van der Waals surface area contributed by atoms with Crippen LogP contribution in [-0.4, -0.2) is 41.2 Å². The molecule has 1 aromatic heterocycles. The molecule has 3 rings (SSSR count). The van der Waals surface area contributed by atoms with Crippen LogP contribution in [0.3, 0.4) is 0 Å². The van der Waals surface area contributed by atoms with Crippen molar-refractivity contribution in [2.75, 3.05) is 24.2 Å². The first kappa shape index (κ1) is 19.5. The summed E-state index contributed by atoms with van der Waals surface area (Å²) in [4.78, 5) is 42.3. The average Bonchev–Trinajstić information content (AvgIpc) is 3.38. The Hall–Kier alpha value is -3.22. The first-order valence-corrected chi connectivity index (χ1v) is 9.22. The lowest BCUT2D eigenvalue weighted by molar-refractivity contribution is -0.118. The molecule has 0 spiro atoms. The van der Waals surface area contributed by atoms with Crippen LogP contribution >= 0.6 is 0 Å². The van der Waals surface area contributed by atoms with Crippen LogP contribution in [0, 0.1) is 18.8 Å². The molecule has 2 unspecified atom stereocenters. The number of nitrogens with zero attached hydrogens (tertiary/aromatic N) is 2. The summed E-state index contributed by atoms with van der Waals surface area (Å²) in [6.07, 6.45) is 2.51. The van der Waals surface area contributed by atoms with E-state index >= 15 is 0 Å². The van der Waals surface area contributed by atoms with E-state index in [1.165, 1.54) is 4.90 Å². The topological polar surface area (TPSA) is 91.4 Å². The van der Waals surface area contributed by atoms with Crippen molar-refractivity contribution in [2.24, 2.45) is 11.8 Å². The second kappa shape index (κ2) is 8.21. The second-order valence-corrected chi connectivity index (χ2v) is 7.32. The van der Waals surface area contributed by atoms with Crippen molar-refractivity contribution in [3.05, 3.63) is 53.7 Å². The Kier molecular flexibility index (Phi) is 5.73. The number of carbonyl (C=O) groups is 3. The molecule has 0 aliphatic heterocycles. The maximum atomic E-state index is 12.6. The highest BCUT2D eigenvalue weighted by Gasteiger charge is 2.39. The van der Waals surface area contributed by atoms with Crippen LogP contribution in [-0.2, 0) is 9.59 Å². The summed E-state index contributed by atoms with van der Waals surface area (Å²) in [5.74, 6) is 0.267. The molecule has 7 heteroatoms. The zero-order valence-corrected chi connectivity index (χ0v) is 16.2. The third-order valence-corrected chi connectivity index (χ3v) is 4.73. The van der Waals surface area contributed by atoms with E-state index < -0.39 is 0 Å². The molecule has 1 aliphatic rings. The molecular weight excluding hydrogens is 356 g/mol. The van der Waals surface area contributed by atoms with Gasteiger partial charge in [0.15, 0.2) is 0 Å². The minimum atomic E-state index is -0.332. The molecule has 28 heavy (non-hydrogen) atoms. The molecule has 1 heterocycles. The Bertz CT molecular complexity index is 912. The molecule has 3 amide bonds. The third-order valence-electron chi connectivity index (χ3n) is 4.73. The summed E-state index contributed by atoms with van der Waals surface area (Å²) in [5.41, 5.74) is 1.97. The molecule has 2 N–H and O–H groups in total. The molecule has 0 saturated heterocycles. The number of hydrogen-bond acceptors (Lipinski definition) is 4. The van der Waals surface area contributed by atoms with Gasteiger partial charge in [-0.25, -0.2) is 4.98 Å². The summed E-state index contributed by atoms with van der Waals surface area (Å²) in [6, 6.07) is 10.3. The lowest BCUT2D eigenvalue weighted by Crippen LogP contribution is -2.35. The van der Waals surface area contributed by atoms with Crippen molar-refractivity contribution in [1.29, 1.82) is 0 Å². The zero-order valence-electron chi connectivity index (χ0n) is 16.2. The van der Waals surface area contributed by atoms with Gasteiger partial charge in [-0.2, -0.15) is 0 Å². The molecule has 1 aromatic carbocycles. The van der Waals surface area contributed by atoms with Crippen molar-refractivity contribution >= 4 is 29.2 Å². The molecule has 0 radical (unpaired) electrons. The molecule has 7 nitrogen and oxygen atoms in total. The molecule has 2 atom stereocenters. The van der Waals surface area contributed by atoms with Gasteiger partial charge in [0.2, 0.25) is 11.8 Å². The number of benzene rings is 1.